The van der Waals surface area contributed by atoms with Crippen LogP contribution in [0, 0.1) is 5.82 Å². The van der Waals surface area contributed by atoms with Gasteiger partial charge in [0.15, 0.2) is 11.6 Å². The zero-order chi connectivity index (χ0) is 29.8. The molecule has 2 amide bonds. The van der Waals surface area contributed by atoms with Crippen molar-refractivity contribution in [1.82, 2.24) is 25.1 Å². The molecular formula is C32H37FN6O3S. The number of urea groups is 1. The summed E-state index contributed by atoms with van der Waals surface area (Å²) in [6.45, 7) is 4.07. The molecule has 226 valence electrons. The summed E-state index contributed by atoms with van der Waals surface area (Å²) in [5.41, 5.74) is 4.22. The Morgan fingerprint density at radius 2 is 1.98 bits per heavy atom. The highest BCUT2D eigenvalue weighted by Crippen LogP contribution is 2.34. The van der Waals surface area contributed by atoms with E-state index in [-0.39, 0.29) is 31.0 Å². The third-order valence-corrected chi connectivity index (χ3v) is 9.32. The van der Waals surface area contributed by atoms with Gasteiger partial charge in [0.05, 0.1) is 27.4 Å². The van der Waals surface area contributed by atoms with Crippen molar-refractivity contribution in [3.05, 3.63) is 71.8 Å². The van der Waals surface area contributed by atoms with Gasteiger partial charge in [-0.2, -0.15) is 0 Å². The van der Waals surface area contributed by atoms with Gasteiger partial charge < -0.3 is 25.4 Å². The Morgan fingerprint density at radius 3 is 2.70 bits per heavy atom. The maximum atomic E-state index is 14.7. The second kappa shape index (κ2) is 13.3. The molecule has 1 saturated carbocycles. The van der Waals surface area contributed by atoms with Crippen LogP contribution in [0.1, 0.15) is 36.8 Å². The predicted octanol–water partition coefficient (Wildman–Crippen LogP) is 5.25. The van der Waals surface area contributed by atoms with Crippen LogP contribution in [0.5, 0.6) is 5.75 Å². The number of amides is 2. The number of nitrogens with zero attached hydrogens (tertiary/aromatic N) is 4. The van der Waals surface area contributed by atoms with Gasteiger partial charge in [-0.3, -0.25) is 14.9 Å². The Hall–Kier alpha value is -3.64. The van der Waals surface area contributed by atoms with E-state index in [1.807, 2.05) is 18.3 Å². The number of likely N-dealkylation sites (tertiary alicyclic amines) is 1. The highest BCUT2D eigenvalue weighted by atomic mass is 32.1. The number of likely N-dealkylation sites (N-methyl/N-ethyl adjacent to an activating group) is 1. The summed E-state index contributed by atoms with van der Waals surface area (Å²) in [6.07, 6.45) is 7.88. The van der Waals surface area contributed by atoms with Crippen molar-refractivity contribution in [2.75, 3.05) is 38.6 Å². The second-order valence-corrected chi connectivity index (χ2v) is 12.4. The molecule has 4 heterocycles. The standard InChI is InChI=1S/C32H37FN6O3S/c1-38(14-15-40)25-9-12-39(13-10-25)19-21-2-6-27(35-18-21)30-17-28-31(43-30)22(8-11-34-28)20-42-29-7-5-24(16-26(29)33)37-32(41)36-23-3-4-23/h2,5-8,11,16-18,23,25,40H,3-4,9-10,12-15,19-20H2,1H3,(H2,36,37,41). The van der Waals surface area contributed by atoms with Crippen molar-refractivity contribution in [3.63, 3.8) is 0 Å². The van der Waals surface area contributed by atoms with E-state index in [2.05, 4.69) is 44.6 Å². The predicted molar refractivity (Wildman–Crippen MR) is 167 cm³/mol. The van der Waals surface area contributed by atoms with E-state index in [9.17, 15) is 14.3 Å². The largest absolute Gasteiger partial charge is 0.486 e. The number of hydrogen-bond donors (Lipinski definition) is 3. The van der Waals surface area contributed by atoms with E-state index in [1.54, 1.807) is 23.6 Å². The van der Waals surface area contributed by atoms with Gasteiger partial charge in [-0.05, 0) is 81.7 Å². The van der Waals surface area contributed by atoms with Gasteiger partial charge in [-0.1, -0.05) is 6.07 Å². The Bertz CT molecular complexity index is 1550. The number of benzene rings is 1. The molecule has 0 atom stereocenters. The molecule has 9 nitrogen and oxygen atoms in total. The number of hydrogen-bond acceptors (Lipinski definition) is 8. The van der Waals surface area contributed by atoms with Gasteiger partial charge in [0.25, 0.3) is 0 Å². The molecule has 3 aromatic heterocycles. The third-order valence-electron chi connectivity index (χ3n) is 8.10. The molecule has 2 aliphatic rings. The van der Waals surface area contributed by atoms with Crippen molar-refractivity contribution < 1.29 is 19.0 Å². The summed E-state index contributed by atoms with van der Waals surface area (Å²) in [5.74, 6) is -0.419. The molecular weight excluding hydrogens is 567 g/mol. The average Bonchev–Trinajstić information content (AvgIpc) is 3.71. The van der Waals surface area contributed by atoms with Crippen LogP contribution in [0.2, 0.25) is 0 Å². The molecule has 11 heteroatoms. The summed E-state index contributed by atoms with van der Waals surface area (Å²) in [4.78, 5) is 27.0. The van der Waals surface area contributed by atoms with Crippen molar-refractivity contribution >= 4 is 33.3 Å². The fraction of sp³-hybridized carbons (Fsp3) is 0.406. The van der Waals surface area contributed by atoms with Gasteiger partial charge in [-0.25, -0.2) is 9.18 Å². The number of anilines is 1. The molecule has 3 N–H and O–H groups in total. The van der Waals surface area contributed by atoms with E-state index in [0.717, 1.165) is 78.2 Å². The number of piperidine rings is 1. The van der Waals surface area contributed by atoms with Crippen LogP contribution in [0.3, 0.4) is 0 Å². The molecule has 1 aliphatic carbocycles. The lowest BCUT2D eigenvalue weighted by atomic mass is 10.0. The molecule has 0 spiro atoms. The molecule has 0 unspecified atom stereocenters. The number of halogens is 1. The van der Waals surface area contributed by atoms with E-state index in [0.29, 0.717) is 11.7 Å². The quantitative estimate of drug-likeness (QED) is 0.215. The van der Waals surface area contributed by atoms with Crippen LogP contribution in [-0.2, 0) is 13.2 Å². The number of rotatable bonds is 11. The Labute approximate surface area is 254 Å². The van der Waals surface area contributed by atoms with E-state index in [4.69, 9.17) is 9.72 Å². The normalized spacial score (nSPS) is 16.1. The molecule has 0 bridgehead atoms. The van der Waals surface area contributed by atoms with Crippen LogP contribution < -0.4 is 15.4 Å². The van der Waals surface area contributed by atoms with Crippen molar-refractivity contribution in [3.8, 4) is 16.3 Å². The summed E-state index contributed by atoms with van der Waals surface area (Å²) >= 11 is 1.60. The number of thiophene rings is 1. The summed E-state index contributed by atoms with van der Waals surface area (Å²) in [6, 6.07) is 13.0. The van der Waals surface area contributed by atoms with Crippen molar-refractivity contribution in [1.29, 1.82) is 0 Å². The number of fused-ring (bicyclic) bond motifs is 1. The van der Waals surface area contributed by atoms with Crippen LogP contribution >= 0.6 is 11.3 Å². The highest BCUT2D eigenvalue weighted by Gasteiger charge is 2.24. The number of aliphatic hydroxyl groups is 1. The summed E-state index contributed by atoms with van der Waals surface area (Å²) in [5, 5.41) is 14.7. The fourth-order valence-corrected chi connectivity index (χ4v) is 6.53. The van der Waals surface area contributed by atoms with Gasteiger partial charge in [0.1, 0.15) is 6.61 Å². The number of aromatic nitrogens is 2. The van der Waals surface area contributed by atoms with Crippen molar-refractivity contribution in [2.45, 2.75) is 50.9 Å². The first-order chi connectivity index (χ1) is 20.9. The average molecular weight is 605 g/mol. The first-order valence-electron chi connectivity index (χ1n) is 14.8. The zero-order valence-corrected chi connectivity index (χ0v) is 25.1. The van der Waals surface area contributed by atoms with Gasteiger partial charge in [0, 0.05) is 54.9 Å². The maximum absolute atomic E-state index is 14.7. The molecule has 4 aromatic rings. The number of ether oxygens (including phenoxy) is 1. The molecule has 0 radical (unpaired) electrons. The van der Waals surface area contributed by atoms with Crippen molar-refractivity contribution in [2.24, 2.45) is 0 Å². The molecule has 1 aliphatic heterocycles. The van der Waals surface area contributed by atoms with E-state index < -0.39 is 5.82 Å². The second-order valence-electron chi connectivity index (χ2n) is 11.4. The number of carbonyl (C=O) groups is 1. The van der Waals surface area contributed by atoms with Crippen LogP contribution in [0.25, 0.3) is 20.8 Å². The van der Waals surface area contributed by atoms with E-state index in [1.165, 1.54) is 17.7 Å². The highest BCUT2D eigenvalue weighted by molar-refractivity contribution is 7.22. The minimum Gasteiger partial charge on any atom is -0.486 e. The molecule has 43 heavy (non-hydrogen) atoms. The zero-order valence-electron chi connectivity index (χ0n) is 24.3. The number of carbonyl (C=O) groups excluding carboxylic acids is 1. The molecule has 6 rings (SSSR count). The van der Waals surface area contributed by atoms with Crippen LogP contribution in [0.15, 0.2) is 54.9 Å². The van der Waals surface area contributed by atoms with Gasteiger partial charge in [0.2, 0.25) is 0 Å². The summed E-state index contributed by atoms with van der Waals surface area (Å²) in [7, 11) is 2.09. The topological polar surface area (TPSA) is 103 Å². The number of nitrogens with one attached hydrogen (secondary N) is 2. The maximum Gasteiger partial charge on any atom is 0.319 e. The van der Waals surface area contributed by atoms with Crippen LogP contribution in [0.4, 0.5) is 14.9 Å². The first kappa shape index (κ1) is 29.4. The minimum atomic E-state index is -0.538. The smallest absolute Gasteiger partial charge is 0.319 e. The Morgan fingerprint density at radius 1 is 1.14 bits per heavy atom. The van der Waals surface area contributed by atoms with Gasteiger partial charge >= 0.3 is 6.03 Å². The summed E-state index contributed by atoms with van der Waals surface area (Å²) < 4.78 is 21.6. The lowest BCUT2D eigenvalue weighted by Gasteiger charge is -2.36. The lowest BCUT2D eigenvalue weighted by Crippen LogP contribution is -2.43. The third kappa shape index (κ3) is 7.48. The molecule has 2 fully saturated rings. The fourth-order valence-electron chi connectivity index (χ4n) is 5.44. The van der Waals surface area contributed by atoms with E-state index >= 15 is 0 Å². The Kier molecular flexibility index (Phi) is 9.13. The first-order valence-corrected chi connectivity index (χ1v) is 15.6. The van der Waals surface area contributed by atoms with Gasteiger partial charge in [-0.15, -0.1) is 11.3 Å². The minimum absolute atomic E-state index is 0.119. The molecule has 1 aromatic carbocycles. The Balaban J connectivity index is 1.06. The number of aliphatic hydroxyl groups excluding tert-OH is 1. The SMILES string of the molecule is CN(CCO)C1CCN(Cc2ccc(-c3cc4nccc(COc5ccc(NC(=O)NC6CC6)cc5F)c4s3)nc2)CC1. The molecule has 1 saturated heterocycles. The van der Waals surface area contributed by atoms with Crippen LogP contribution in [-0.4, -0.2) is 76.3 Å². The monoisotopic (exact) mass is 604 g/mol. The lowest BCUT2D eigenvalue weighted by molar-refractivity contribution is 0.108. The number of pyridine rings is 2.